The zero-order chi connectivity index (χ0) is 24.4. The molecule has 3 aromatic rings. The van der Waals surface area contributed by atoms with Gasteiger partial charge in [0, 0.05) is 30.4 Å². The summed E-state index contributed by atoms with van der Waals surface area (Å²) in [5.74, 6) is 0.806. The van der Waals surface area contributed by atoms with Crippen LogP contribution in [0.5, 0.6) is 11.6 Å². The van der Waals surface area contributed by atoms with E-state index >= 15 is 0 Å². The van der Waals surface area contributed by atoms with Crippen molar-refractivity contribution in [2.24, 2.45) is 0 Å². The van der Waals surface area contributed by atoms with Crippen LogP contribution in [-0.2, 0) is 17.7 Å². The Bertz CT molecular complexity index is 1180. The molecular weight excluding hydrogens is 467 g/mol. The number of carbonyl (C=O) groups is 1. The number of hydrogen-bond acceptors (Lipinski definition) is 7. The molecule has 2 atom stereocenters. The summed E-state index contributed by atoms with van der Waals surface area (Å²) in [7, 11) is 0. The zero-order valence-electron chi connectivity index (χ0n) is 18.5. The van der Waals surface area contributed by atoms with E-state index in [0.29, 0.717) is 25.5 Å². The van der Waals surface area contributed by atoms with E-state index < -0.39 is 12.8 Å². The quantitative estimate of drug-likeness (QED) is 0.510. The lowest BCUT2D eigenvalue weighted by molar-refractivity contribution is -0.174. The molecule has 0 bridgehead atoms. The van der Waals surface area contributed by atoms with Gasteiger partial charge in [0.15, 0.2) is 5.69 Å². The topological polar surface area (TPSA) is 100 Å². The van der Waals surface area contributed by atoms with Crippen molar-refractivity contribution in [1.29, 1.82) is 0 Å². The highest BCUT2D eigenvalue weighted by Gasteiger charge is 2.30. The molecule has 4 heterocycles. The zero-order valence-corrected chi connectivity index (χ0v) is 18.5. The van der Waals surface area contributed by atoms with Crippen molar-refractivity contribution in [2.45, 2.75) is 37.7 Å². The number of nitrogens with one attached hydrogen (secondary N) is 1. The van der Waals surface area contributed by atoms with Gasteiger partial charge in [-0.3, -0.25) is 14.8 Å². The number of benzene rings is 1. The molecule has 0 fully saturated rings. The van der Waals surface area contributed by atoms with Crippen LogP contribution in [0.25, 0.3) is 11.3 Å². The molecule has 1 aromatic carbocycles. The maximum atomic E-state index is 12.8. The third kappa shape index (κ3) is 5.53. The van der Waals surface area contributed by atoms with Gasteiger partial charge in [-0.25, -0.2) is 4.68 Å². The highest BCUT2D eigenvalue weighted by molar-refractivity contribution is 5.92. The molecule has 0 spiro atoms. The van der Waals surface area contributed by atoms with Gasteiger partial charge < -0.3 is 19.5 Å². The molecule has 184 valence electrons. The van der Waals surface area contributed by atoms with E-state index in [0.717, 1.165) is 22.6 Å². The average Bonchev–Trinajstić information content (AvgIpc) is 3.40. The van der Waals surface area contributed by atoms with E-state index in [1.807, 2.05) is 18.2 Å². The van der Waals surface area contributed by atoms with Crippen molar-refractivity contribution in [1.82, 2.24) is 25.1 Å². The van der Waals surface area contributed by atoms with Crippen molar-refractivity contribution in [3.63, 3.8) is 0 Å². The Balaban J connectivity index is 1.15. The molecular formula is C23H22F3N5O4. The molecule has 0 aliphatic carbocycles. The van der Waals surface area contributed by atoms with Gasteiger partial charge in [-0.1, -0.05) is 0 Å². The Morgan fingerprint density at radius 1 is 1.26 bits per heavy atom. The smallest absolute Gasteiger partial charge is 0.411 e. The second-order valence-electron chi connectivity index (χ2n) is 8.34. The second-order valence-corrected chi connectivity index (χ2v) is 8.34. The van der Waals surface area contributed by atoms with E-state index in [4.69, 9.17) is 9.47 Å². The van der Waals surface area contributed by atoms with Crippen LogP contribution in [0, 0.1) is 0 Å². The number of alkyl halides is 3. The summed E-state index contributed by atoms with van der Waals surface area (Å²) in [5.41, 5.74) is 2.81. The minimum atomic E-state index is -4.35. The molecule has 9 nitrogen and oxygen atoms in total. The van der Waals surface area contributed by atoms with Gasteiger partial charge in [-0.15, -0.1) is 0 Å². The Kier molecular flexibility index (Phi) is 6.29. The molecule has 12 heteroatoms. The molecule has 1 amide bonds. The first-order valence-electron chi connectivity index (χ1n) is 11.1. The molecule has 2 aliphatic heterocycles. The maximum absolute atomic E-state index is 12.8. The van der Waals surface area contributed by atoms with E-state index in [9.17, 15) is 18.0 Å². The van der Waals surface area contributed by atoms with Crippen LogP contribution < -0.4 is 14.8 Å². The van der Waals surface area contributed by atoms with Gasteiger partial charge >= 0.3 is 6.18 Å². The van der Waals surface area contributed by atoms with Crippen LogP contribution in [0.1, 0.15) is 22.5 Å². The Labute approximate surface area is 198 Å². The maximum Gasteiger partial charge on any atom is 0.411 e. The third-order valence-electron chi connectivity index (χ3n) is 5.65. The van der Waals surface area contributed by atoms with Crippen LogP contribution in [0.15, 0.2) is 42.9 Å². The molecule has 1 unspecified atom stereocenters. The highest BCUT2D eigenvalue weighted by Crippen LogP contribution is 2.30. The number of nitrogens with zero attached hydrogens (tertiary/aromatic N) is 4. The van der Waals surface area contributed by atoms with Crippen LogP contribution in [0.2, 0.25) is 0 Å². The molecule has 2 aromatic heterocycles. The standard InChI is InChI=1S/C23H22F3N5O4/c24-23(25,26)13-33-6-3-17-11-31-21(35-17)9-18(30-31)22(32)29-16-8-15-7-14(1-2-20(15)34-12-16)19-10-27-4-5-28-19/h1-2,4-5,7,9-10,16-17H,3,6,8,11-13H2,(H,29,32)/t16-,17?/m1/s1. The van der Waals surface area contributed by atoms with E-state index in [1.54, 1.807) is 18.6 Å². The highest BCUT2D eigenvalue weighted by atomic mass is 19.4. The lowest BCUT2D eigenvalue weighted by atomic mass is 9.99. The number of halogens is 3. The fraction of sp³-hybridized carbons (Fsp3) is 0.391. The first-order valence-corrected chi connectivity index (χ1v) is 11.1. The summed E-state index contributed by atoms with van der Waals surface area (Å²) >= 11 is 0. The van der Waals surface area contributed by atoms with E-state index in [1.165, 1.54) is 10.7 Å². The summed E-state index contributed by atoms with van der Waals surface area (Å²) in [6, 6.07) is 7.07. The summed E-state index contributed by atoms with van der Waals surface area (Å²) in [4.78, 5) is 21.2. The van der Waals surface area contributed by atoms with Gasteiger partial charge in [-0.05, 0) is 30.2 Å². The summed E-state index contributed by atoms with van der Waals surface area (Å²) in [6.07, 6.45) is 1.09. The number of carbonyl (C=O) groups excluding carboxylic acids is 1. The van der Waals surface area contributed by atoms with Gasteiger partial charge in [0.05, 0.1) is 31.1 Å². The van der Waals surface area contributed by atoms with Crippen molar-refractivity contribution in [2.75, 3.05) is 19.8 Å². The van der Waals surface area contributed by atoms with Crippen LogP contribution in [0.3, 0.4) is 0 Å². The fourth-order valence-electron chi connectivity index (χ4n) is 4.04. The number of hydrogen-bond donors (Lipinski definition) is 1. The molecule has 0 saturated heterocycles. The fourth-order valence-corrected chi connectivity index (χ4v) is 4.04. The normalized spacial score (nSPS) is 18.8. The summed E-state index contributed by atoms with van der Waals surface area (Å²) < 4.78 is 54.1. The Hall–Kier alpha value is -3.67. The van der Waals surface area contributed by atoms with Crippen LogP contribution >= 0.6 is 0 Å². The third-order valence-corrected chi connectivity index (χ3v) is 5.65. The molecule has 5 rings (SSSR count). The van der Waals surface area contributed by atoms with Gasteiger partial charge in [-0.2, -0.15) is 18.3 Å². The van der Waals surface area contributed by atoms with Crippen LogP contribution in [-0.4, -0.2) is 63.8 Å². The minimum absolute atomic E-state index is 0.0793. The molecule has 2 aliphatic rings. The lowest BCUT2D eigenvalue weighted by Crippen LogP contribution is -2.43. The number of amides is 1. The van der Waals surface area contributed by atoms with E-state index in [2.05, 4.69) is 25.1 Å². The average molecular weight is 489 g/mol. The van der Waals surface area contributed by atoms with Gasteiger partial charge in [0.25, 0.3) is 5.91 Å². The second kappa shape index (κ2) is 9.53. The minimum Gasteiger partial charge on any atom is -0.491 e. The predicted molar refractivity (Wildman–Crippen MR) is 116 cm³/mol. The SMILES string of the molecule is O=C(N[C@H]1COc2ccc(-c3cnccn3)cc2C1)c1cc2n(n1)CC(CCOCC(F)(F)F)O2. The molecule has 0 radical (unpaired) electrons. The van der Waals surface area contributed by atoms with Crippen molar-refractivity contribution >= 4 is 5.91 Å². The first kappa shape index (κ1) is 23.1. The molecule has 0 saturated carbocycles. The largest absolute Gasteiger partial charge is 0.491 e. The lowest BCUT2D eigenvalue weighted by Gasteiger charge is -2.26. The molecule has 35 heavy (non-hydrogen) atoms. The number of aromatic nitrogens is 4. The van der Waals surface area contributed by atoms with Gasteiger partial charge in [0.1, 0.15) is 25.1 Å². The molecule has 1 N–H and O–H groups in total. The van der Waals surface area contributed by atoms with Crippen molar-refractivity contribution in [3.8, 4) is 22.9 Å². The Morgan fingerprint density at radius 3 is 2.91 bits per heavy atom. The summed E-state index contributed by atoms with van der Waals surface area (Å²) in [6.45, 7) is -0.702. The predicted octanol–water partition coefficient (Wildman–Crippen LogP) is 2.80. The van der Waals surface area contributed by atoms with Crippen molar-refractivity contribution in [3.05, 3.63) is 54.1 Å². The first-order chi connectivity index (χ1) is 16.8. The van der Waals surface area contributed by atoms with Crippen LogP contribution in [0.4, 0.5) is 13.2 Å². The number of fused-ring (bicyclic) bond motifs is 2. The monoisotopic (exact) mass is 489 g/mol. The summed E-state index contributed by atoms with van der Waals surface area (Å²) in [5, 5.41) is 7.22. The van der Waals surface area contributed by atoms with E-state index in [-0.39, 0.29) is 36.8 Å². The van der Waals surface area contributed by atoms with Gasteiger partial charge in [0.2, 0.25) is 5.88 Å². The number of ether oxygens (including phenoxy) is 3. The number of rotatable bonds is 7. The Morgan fingerprint density at radius 2 is 2.14 bits per heavy atom. The van der Waals surface area contributed by atoms with Crippen molar-refractivity contribution < 1.29 is 32.2 Å².